The summed E-state index contributed by atoms with van der Waals surface area (Å²) in [5.74, 6) is 0.537. The van der Waals surface area contributed by atoms with Crippen molar-refractivity contribution in [3.63, 3.8) is 0 Å². The van der Waals surface area contributed by atoms with Gasteiger partial charge in [-0.2, -0.15) is 0 Å². The molecule has 0 saturated carbocycles. The summed E-state index contributed by atoms with van der Waals surface area (Å²) in [6.07, 6.45) is 1.32. The summed E-state index contributed by atoms with van der Waals surface area (Å²) >= 11 is 0. The van der Waals surface area contributed by atoms with E-state index in [9.17, 15) is 0 Å². The first kappa shape index (κ1) is 10.5. The second-order valence-corrected chi connectivity index (χ2v) is 4.29. The molecule has 1 aromatic rings. The van der Waals surface area contributed by atoms with Crippen LogP contribution < -0.4 is 5.32 Å². The van der Waals surface area contributed by atoms with Crippen molar-refractivity contribution in [3.05, 3.63) is 29.3 Å². The molecule has 15 heavy (non-hydrogen) atoms. The van der Waals surface area contributed by atoms with Gasteiger partial charge in [0, 0.05) is 30.8 Å². The van der Waals surface area contributed by atoms with Crippen LogP contribution >= 0.6 is 0 Å². The SMILES string of the molecule is CCc1ccc2c(c1)C(OC)C(C)CN2. The lowest BCUT2D eigenvalue weighted by Crippen LogP contribution is -2.26. The van der Waals surface area contributed by atoms with Gasteiger partial charge in [0.05, 0.1) is 6.10 Å². The molecule has 0 radical (unpaired) electrons. The van der Waals surface area contributed by atoms with Crippen LogP contribution in [0, 0.1) is 5.92 Å². The first-order valence-electron chi connectivity index (χ1n) is 5.65. The van der Waals surface area contributed by atoms with E-state index in [-0.39, 0.29) is 6.10 Å². The Morgan fingerprint density at radius 2 is 2.27 bits per heavy atom. The fourth-order valence-electron chi connectivity index (χ4n) is 2.27. The number of aryl methyl sites for hydroxylation is 1. The minimum absolute atomic E-state index is 0.243. The van der Waals surface area contributed by atoms with Gasteiger partial charge in [-0.1, -0.05) is 26.0 Å². The molecule has 0 amide bonds. The molecule has 1 aliphatic rings. The zero-order valence-electron chi connectivity index (χ0n) is 9.71. The molecule has 1 N–H and O–H groups in total. The molecule has 1 heterocycles. The van der Waals surface area contributed by atoms with Gasteiger partial charge in [0.1, 0.15) is 0 Å². The maximum atomic E-state index is 5.59. The zero-order chi connectivity index (χ0) is 10.8. The number of methoxy groups -OCH3 is 1. The number of fused-ring (bicyclic) bond motifs is 1. The van der Waals surface area contributed by atoms with Crippen LogP contribution in [0.1, 0.15) is 31.1 Å². The molecule has 2 rings (SSSR count). The van der Waals surface area contributed by atoms with Gasteiger partial charge in [0.2, 0.25) is 0 Å². The average Bonchev–Trinajstić information content (AvgIpc) is 2.28. The zero-order valence-corrected chi connectivity index (χ0v) is 9.71. The number of hydrogen-bond donors (Lipinski definition) is 1. The molecular weight excluding hydrogens is 186 g/mol. The predicted octanol–water partition coefficient (Wildman–Crippen LogP) is 3.00. The molecule has 2 heteroatoms. The van der Waals surface area contributed by atoms with Gasteiger partial charge >= 0.3 is 0 Å². The predicted molar refractivity (Wildman–Crippen MR) is 63.2 cm³/mol. The molecule has 0 bridgehead atoms. The van der Waals surface area contributed by atoms with Gasteiger partial charge in [0.15, 0.2) is 0 Å². The number of nitrogens with one attached hydrogen (secondary N) is 1. The Kier molecular flexibility index (Phi) is 2.96. The summed E-state index contributed by atoms with van der Waals surface area (Å²) in [5, 5.41) is 3.45. The summed E-state index contributed by atoms with van der Waals surface area (Å²) in [5.41, 5.74) is 3.93. The van der Waals surface area contributed by atoms with Crippen molar-refractivity contribution in [3.8, 4) is 0 Å². The van der Waals surface area contributed by atoms with E-state index >= 15 is 0 Å². The Morgan fingerprint density at radius 1 is 1.47 bits per heavy atom. The summed E-state index contributed by atoms with van der Waals surface area (Å²) in [6, 6.07) is 6.63. The molecule has 0 saturated heterocycles. The normalized spacial score (nSPS) is 24.5. The van der Waals surface area contributed by atoms with Crippen LogP contribution in [0.5, 0.6) is 0 Å². The van der Waals surface area contributed by atoms with Crippen LogP contribution in [0.4, 0.5) is 5.69 Å². The molecule has 2 unspecified atom stereocenters. The van der Waals surface area contributed by atoms with Crippen LogP contribution in [-0.4, -0.2) is 13.7 Å². The summed E-state index contributed by atoms with van der Waals surface area (Å²) < 4.78 is 5.59. The molecule has 82 valence electrons. The second kappa shape index (κ2) is 4.23. The molecule has 0 aliphatic carbocycles. The maximum Gasteiger partial charge on any atom is 0.0883 e. The lowest BCUT2D eigenvalue weighted by Gasteiger charge is -2.31. The van der Waals surface area contributed by atoms with Gasteiger partial charge in [-0.15, -0.1) is 0 Å². The van der Waals surface area contributed by atoms with Crippen molar-refractivity contribution >= 4 is 5.69 Å². The molecule has 1 aliphatic heterocycles. The van der Waals surface area contributed by atoms with Crippen molar-refractivity contribution in [2.75, 3.05) is 19.0 Å². The Morgan fingerprint density at radius 3 is 2.93 bits per heavy atom. The molecule has 1 aromatic carbocycles. The second-order valence-electron chi connectivity index (χ2n) is 4.29. The minimum Gasteiger partial charge on any atom is -0.384 e. The summed E-state index contributed by atoms with van der Waals surface area (Å²) in [4.78, 5) is 0. The van der Waals surface area contributed by atoms with Crippen LogP contribution in [0.3, 0.4) is 0 Å². The lowest BCUT2D eigenvalue weighted by atomic mass is 9.90. The molecule has 2 nitrogen and oxygen atoms in total. The third kappa shape index (κ3) is 1.86. The molecular formula is C13H19NO. The molecule has 0 fully saturated rings. The Bertz CT molecular complexity index is 348. The minimum atomic E-state index is 0.243. The molecule has 0 spiro atoms. The Balaban J connectivity index is 2.41. The highest BCUT2D eigenvalue weighted by molar-refractivity contribution is 5.56. The number of hydrogen-bond acceptors (Lipinski definition) is 2. The van der Waals surface area contributed by atoms with E-state index in [1.807, 2.05) is 0 Å². The first-order chi connectivity index (χ1) is 7.26. The smallest absolute Gasteiger partial charge is 0.0883 e. The highest BCUT2D eigenvalue weighted by Crippen LogP contribution is 2.36. The van der Waals surface area contributed by atoms with Gasteiger partial charge < -0.3 is 10.1 Å². The van der Waals surface area contributed by atoms with E-state index in [1.165, 1.54) is 16.8 Å². The fourth-order valence-corrected chi connectivity index (χ4v) is 2.27. The highest BCUT2D eigenvalue weighted by atomic mass is 16.5. The third-order valence-electron chi connectivity index (χ3n) is 3.22. The van der Waals surface area contributed by atoms with Crippen molar-refractivity contribution in [1.82, 2.24) is 0 Å². The van der Waals surface area contributed by atoms with E-state index in [0.29, 0.717) is 5.92 Å². The van der Waals surface area contributed by atoms with Gasteiger partial charge in [-0.25, -0.2) is 0 Å². The fraction of sp³-hybridized carbons (Fsp3) is 0.538. The van der Waals surface area contributed by atoms with E-state index in [1.54, 1.807) is 7.11 Å². The highest BCUT2D eigenvalue weighted by Gasteiger charge is 2.26. The van der Waals surface area contributed by atoms with Crippen molar-refractivity contribution in [2.24, 2.45) is 5.92 Å². The monoisotopic (exact) mass is 205 g/mol. The summed E-state index contributed by atoms with van der Waals surface area (Å²) in [7, 11) is 1.80. The number of ether oxygens (including phenoxy) is 1. The first-order valence-corrected chi connectivity index (χ1v) is 5.65. The van der Waals surface area contributed by atoms with E-state index in [4.69, 9.17) is 4.74 Å². The van der Waals surface area contributed by atoms with Crippen molar-refractivity contribution in [1.29, 1.82) is 0 Å². The Labute approximate surface area is 91.6 Å². The molecule has 0 aromatic heterocycles. The van der Waals surface area contributed by atoms with E-state index in [0.717, 1.165) is 13.0 Å². The van der Waals surface area contributed by atoms with Crippen molar-refractivity contribution in [2.45, 2.75) is 26.4 Å². The maximum absolute atomic E-state index is 5.59. The van der Waals surface area contributed by atoms with Gasteiger partial charge in [0.25, 0.3) is 0 Å². The third-order valence-corrected chi connectivity index (χ3v) is 3.22. The largest absolute Gasteiger partial charge is 0.384 e. The standard InChI is InChI=1S/C13H19NO/c1-4-10-5-6-12-11(7-10)13(15-3)9(2)8-14-12/h5-7,9,13-14H,4,8H2,1-3H3. The average molecular weight is 205 g/mol. The van der Waals surface area contributed by atoms with Gasteiger partial charge in [-0.3, -0.25) is 0 Å². The summed E-state index contributed by atoms with van der Waals surface area (Å²) in [6.45, 7) is 5.41. The van der Waals surface area contributed by atoms with Crippen LogP contribution in [0.2, 0.25) is 0 Å². The number of anilines is 1. The number of benzene rings is 1. The topological polar surface area (TPSA) is 21.3 Å². The van der Waals surface area contributed by atoms with Crippen LogP contribution in [-0.2, 0) is 11.2 Å². The van der Waals surface area contributed by atoms with Gasteiger partial charge in [-0.05, 0) is 18.1 Å². The lowest BCUT2D eigenvalue weighted by molar-refractivity contribution is 0.0596. The van der Waals surface area contributed by atoms with E-state index < -0.39 is 0 Å². The van der Waals surface area contributed by atoms with Crippen LogP contribution in [0.25, 0.3) is 0 Å². The number of rotatable bonds is 2. The quantitative estimate of drug-likeness (QED) is 0.801. The van der Waals surface area contributed by atoms with Crippen molar-refractivity contribution < 1.29 is 4.74 Å². The van der Waals surface area contributed by atoms with Crippen LogP contribution in [0.15, 0.2) is 18.2 Å². The van der Waals surface area contributed by atoms with E-state index in [2.05, 4.69) is 37.4 Å². The molecule has 2 atom stereocenters. The Hall–Kier alpha value is -1.02.